The lowest BCUT2D eigenvalue weighted by Crippen LogP contribution is -2.54. The van der Waals surface area contributed by atoms with Crippen LogP contribution >= 0.6 is 23.4 Å². The lowest BCUT2D eigenvalue weighted by Gasteiger charge is -2.41. The van der Waals surface area contributed by atoms with Crippen LogP contribution < -0.4 is 10.6 Å². The largest absolute Gasteiger partial charge is 0.350 e. The third-order valence-corrected chi connectivity index (χ3v) is 11.0. The predicted octanol–water partition coefficient (Wildman–Crippen LogP) is 6.66. The van der Waals surface area contributed by atoms with Crippen molar-refractivity contribution in [2.24, 2.45) is 0 Å². The standard InChI is InChI=1S/C33H37ClF3N5O2S/c1-4-21-8-6-10-39(21)11-7-9-22-18-45-31-28(29-25(36)14-20(35)15-26(29)37)24(34)16-23-30(31)42(22)33(44)38-32(23)41-13-12-40(17-19(41)3)27(43)5-2/h5,14-16,19,21-22H,2,4,6-13,17-18H2,1,3H3/t19-,21+,22-/m0/s1. The van der Waals surface area contributed by atoms with Crippen molar-refractivity contribution < 1.29 is 18.0 Å². The van der Waals surface area contributed by atoms with Crippen LogP contribution in [0.3, 0.4) is 0 Å². The minimum absolute atomic E-state index is 0.0777. The smallest absolute Gasteiger partial charge is 0.350 e. The maximum Gasteiger partial charge on any atom is 0.350 e. The summed E-state index contributed by atoms with van der Waals surface area (Å²) >= 11 is 8.24. The van der Waals surface area contributed by atoms with Crippen molar-refractivity contribution in [3.8, 4) is 11.1 Å². The molecule has 1 aromatic heterocycles. The Labute approximate surface area is 270 Å². The number of halogens is 4. The molecule has 1 amide bonds. The summed E-state index contributed by atoms with van der Waals surface area (Å²) in [6.45, 7) is 11.0. The van der Waals surface area contributed by atoms with E-state index in [1.807, 2.05) is 11.8 Å². The van der Waals surface area contributed by atoms with E-state index in [9.17, 15) is 14.0 Å². The first-order chi connectivity index (χ1) is 21.6. The zero-order valence-corrected chi connectivity index (χ0v) is 27.1. The summed E-state index contributed by atoms with van der Waals surface area (Å²) in [5.41, 5.74) is -0.239. The molecule has 2 saturated heterocycles. The van der Waals surface area contributed by atoms with E-state index < -0.39 is 28.7 Å². The predicted molar refractivity (Wildman–Crippen MR) is 174 cm³/mol. The second-order valence-electron chi connectivity index (χ2n) is 12.2. The third-order valence-electron chi connectivity index (χ3n) is 9.48. The molecule has 0 unspecified atom stereocenters. The Kier molecular flexibility index (Phi) is 9.23. The monoisotopic (exact) mass is 659 g/mol. The number of likely N-dealkylation sites (tertiary alicyclic amines) is 1. The summed E-state index contributed by atoms with van der Waals surface area (Å²) in [5, 5.41) is 0.674. The van der Waals surface area contributed by atoms with Gasteiger partial charge in [-0.15, -0.1) is 11.8 Å². The highest BCUT2D eigenvalue weighted by Crippen LogP contribution is 2.49. The van der Waals surface area contributed by atoms with Crippen LogP contribution in [0.1, 0.15) is 52.0 Å². The molecule has 240 valence electrons. The number of amides is 1. The first-order valence-electron chi connectivity index (χ1n) is 15.6. The number of thioether (sulfide) groups is 1. The second-order valence-corrected chi connectivity index (χ2v) is 13.6. The molecule has 6 rings (SSSR count). The number of hydrogen-bond donors (Lipinski definition) is 0. The first kappa shape index (κ1) is 31.9. The maximum absolute atomic E-state index is 15.2. The molecule has 3 aliphatic rings. The van der Waals surface area contributed by atoms with E-state index in [1.54, 1.807) is 15.5 Å². The van der Waals surface area contributed by atoms with Crippen molar-refractivity contribution in [3.63, 3.8) is 0 Å². The van der Waals surface area contributed by atoms with Crippen LogP contribution in [0.5, 0.6) is 0 Å². The van der Waals surface area contributed by atoms with Gasteiger partial charge in [-0.25, -0.2) is 18.0 Å². The number of benzene rings is 2. The van der Waals surface area contributed by atoms with Gasteiger partial charge in [-0.1, -0.05) is 25.1 Å². The minimum Gasteiger partial charge on any atom is -0.350 e. The van der Waals surface area contributed by atoms with Gasteiger partial charge in [-0.05, 0) is 64.3 Å². The maximum atomic E-state index is 15.2. The quantitative estimate of drug-likeness (QED) is 0.252. The van der Waals surface area contributed by atoms with Crippen molar-refractivity contribution in [1.82, 2.24) is 19.4 Å². The summed E-state index contributed by atoms with van der Waals surface area (Å²) in [6.07, 6.45) is 6.45. The molecule has 0 bridgehead atoms. The first-order valence-corrected chi connectivity index (χ1v) is 17.0. The van der Waals surface area contributed by atoms with Gasteiger partial charge in [0.1, 0.15) is 23.3 Å². The van der Waals surface area contributed by atoms with Gasteiger partial charge in [0.25, 0.3) is 0 Å². The zero-order valence-electron chi connectivity index (χ0n) is 25.5. The molecule has 0 N–H and O–H groups in total. The molecule has 2 aromatic carbocycles. The fraction of sp³-hybridized carbons (Fsp3) is 0.485. The van der Waals surface area contributed by atoms with E-state index in [0.717, 1.165) is 32.4 Å². The van der Waals surface area contributed by atoms with Gasteiger partial charge < -0.3 is 14.7 Å². The Bertz CT molecular complexity index is 1700. The number of hydrogen-bond acceptors (Lipinski definition) is 6. The Hall–Kier alpha value is -3.02. The number of anilines is 1. The SMILES string of the molecule is C=CC(=O)N1CCN(c2nc(=O)n3c4c(c(-c5c(F)cc(F)cc5F)c(Cl)cc24)SC[C@@H]3CCCN2CCC[C@H]2CC)[C@@H](C)C1. The summed E-state index contributed by atoms with van der Waals surface area (Å²) in [4.78, 5) is 37.6. The molecule has 0 spiro atoms. The number of carbonyl (C=O) groups excluding carboxylic acids is 1. The lowest BCUT2D eigenvalue weighted by molar-refractivity contribution is -0.126. The summed E-state index contributed by atoms with van der Waals surface area (Å²) in [7, 11) is 0. The molecule has 0 aliphatic carbocycles. The number of aromatic nitrogens is 2. The highest BCUT2D eigenvalue weighted by Gasteiger charge is 2.34. The molecule has 7 nitrogen and oxygen atoms in total. The average molecular weight is 660 g/mol. The summed E-state index contributed by atoms with van der Waals surface area (Å²) in [5.74, 6) is -2.41. The highest BCUT2D eigenvalue weighted by atomic mass is 35.5. The Morgan fingerprint density at radius 1 is 1.13 bits per heavy atom. The molecular formula is C33H37ClF3N5O2S. The van der Waals surface area contributed by atoms with Gasteiger partial charge in [0.15, 0.2) is 0 Å². The molecule has 0 radical (unpaired) electrons. The van der Waals surface area contributed by atoms with Crippen molar-refractivity contribution in [1.29, 1.82) is 0 Å². The molecule has 4 heterocycles. The summed E-state index contributed by atoms with van der Waals surface area (Å²) < 4.78 is 46.0. The molecule has 3 atom stereocenters. The minimum atomic E-state index is -1.07. The lowest BCUT2D eigenvalue weighted by atomic mass is 10.0. The molecule has 12 heteroatoms. The molecule has 3 aliphatic heterocycles. The molecule has 0 saturated carbocycles. The number of rotatable bonds is 8. The van der Waals surface area contributed by atoms with Gasteiger partial charge in [0.2, 0.25) is 5.91 Å². The number of nitrogens with zero attached hydrogens (tertiary/aromatic N) is 5. The molecular weight excluding hydrogens is 623 g/mol. The Morgan fingerprint density at radius 2 is 1.89 bits per heavy atom. The van der Waals surface area contributed by atoms with Crippen molar-refractivity contribution in [3.05, 3.63) is 63.8 Å². The van der Waals surface area contributed by atoms with Gasteiger partial charge in [-0.2, -0.15) is 4.98 Å². The van der Waals surface area contributed by atoms with Crippen LogP contribution in [0.15, 0.2) is 40.5 Å². The van der Waals surface area contributed by atoms with Gasteiger partial charge in [0, 0.05) is 71.5 Å². The number of carbonyl (C=O) groups is 1. The van der Waals surface area contributed by atoms with Gasteiger partial charge in [0.05, 0.1) is 16.1 Å². The Morgan fingerprint density at radius 3 is 2.58 bits per heavy atom. The average Bonchev–Trinajstić information content (AvgIpc) is 3.47. The molecule has 2 fully saturated rings. The number of piperazine rings is 1. The van der Waals surface area contributed by atoms with Crippen molar-refractivity contribution >= 4 is 46.0 Å². The van der Waals surface area contributed by atoms with E-state index in [0.29, 0.717) is 65.2 Å². The van der Waals surface area contributed by atoms with Crippen LogP contribution in [0.2, 0.25) is 5.02 Å². The van der Waals surface area contributed by atoms with Crippen LogP contribution in [-0.4, -0.2) is 75.8 Å². The Balaban J connectivity index is 1.47. The third kappa shape index (κ3) is 5.87. The van der Waals surface area contributed by atoms with Gasteiger partial charge >= 0.3 is 5.69 Å². The topological polar surface area (TPSA) is 61.7 Å². The van der Waals surface area contributed by atoms with E-state index in [4.69, 9.17) is 11.6 Å². The second kappa shape index (κ2) is 13.0. The van der Waals surface area contributed by atoms with E-state index >= 15 is 8.78 Å². The van der Waals surface area contributed by atoms with E-state index in [1.165, 1.54) is 30.7 Å². The fourth-order valence-corrected chi connectivity index (χ4v) is 9.02. The highest BCUT2D eigenvalue weighted by molar-refractivity contribution is 7.99. The molecule has 45 heavy (non-hydrogen) atoms. The van der Waals surface area contributed by atoms with Crippen molar-refractivity contribution in [2.75, 3.05) is 43.4 Å². The fourth-order valence-electron chi connectivity index (χ4n) is 7.29. The van der Waals surface area contributed by atoms with Crippen LogP contribution in [-0.2, 0) is 4.79 Å². The van der Waals surface area contributed by atoms with Crippen molar-refractivity contribution in [2.45, 2.75) is 69.0 Å². The molecule has 3 aromatic rings. The van der Waals surface area contributed by atoms with Crippen LogP contribution in [0, 0.1) is 17.5 Å². The van der Waals surface area contributed by atoms with Gasteiger partial charge in [-0.3, -0.25) is 9.36 Å². The van der Waals surface area contributed by atoms with E-state index in [2.05, 4.69) is 23.4 Å². The summed E-state index contributed by atoms with van der Waals surface area (Å²) in [6, 6.07) is 3.13. The van der Waals surface area contributed by atoms with Crippen LogP contribution in [0.4, 0.5) is 19.0 Å². The van der Waals surface area contributed by atoms with E-state index in [-0.39, 0.29) is 28.6 Å². The normalized spacial score (nSPS) is 22.0. The zero-order chi connectivity index (χ0) is 32.0. The van der Waals surface area contributed by atoms with Crippen LogP contribution in [0.25, 0.3) is 22.0 Å².